The number of aromatic nitrogens is 2. The molecule has 0 fully saturated rings. The number of aromatic amines is 1. The highest BCUT2D eigenvalue weighted by atomic mass is 16.2. The van der Waals surface area contributed by atoms with E-state index in [0.29, 0.717) is 31.5 Å². The first-order valence-corrected chi connectivity index (χ1v) is 9.91. The van der Waals surface area contributed by atoms with E-state index in [1.165, 1.54) is 9.47 Å². The van der Waals surface area contributed by atoms with Crippen LogP contribution < -0.4 is 21.9 Å². The maximum absolute atomic E-state index is 13.4. The topological polar surface area (TPSA) is 101 Å². The molecule has 29 heavy (non-hydrogen) atoms. The second-order valence-electron chi connectivity index (χ2n) is 7.02. The van der Waals surface area contributed by atoms with Gasteiger partial charge in [0.25, 0.3) is 11.5 Å². The Morgan fingerprint density at radius 2 is 1.79 bits per heavy atom. The van der Waals surface area contributed by atoms with Crippen molar-refractivity contribution < 1.29 is 4.79 Å². The molecule has 7 nitrogen and oxygen atoms in total. The minimum absolute atomic E-state index is 0.0193. The van der Waals surface area contributed by atoms with Gasteiger partial charge in [0.15, 0.2) is 5.69 Å². The number of nitrogen functional groups attached to an aromatic ring is 1. The predicted octanol–water partition coefficient (Wildman–Crippen LogP) is 3.13. The molecule has 0 saturated carbocycles. The Kier molecular flexibility index (Phi) is 6.16. The molecule has 3 N–H and O–H groups in total. The van der Waals surface area contributed by atoms with E-state index < -0.39 is 11.2 Å². The number of hydrogen-bond donors (Lipinski definition) is 2. The van der Waals surface area contributed by atoms with Crippen molar-refractivity contribution in [3.05, 3.63) is 68.9 Å². The van der Waals surface area contributed by atoms with Crippen LogP contribution in [0, 0.1) is 0 Å². The Morgan fingerprint density at radius 3 is 2.48 bits per heavy atom. The van der Waals surface area contributed by atoms with Crippen molar-refractivity contribution in [1.29, 1.82) is 0 Å². The lowest BCUT2D eigenvalue weighted by molar-refractivity contribution is 0.0986. The number of unbranched alkanes of at least 4 members (excludes halogenated alkanes) is 1. The number of carbonyl (C=O) groups is 1. The van der Waals surface area contributed by atoms with Gasteiger partial charge in [0.05, 0.1) is 0 Å². The number of rotatable bonds is 7. The van der Waals surface area contributed by atoms with Crippen LogP contribution in [-0.4, -0.2) is 22.0 Å². The first-order chi connectivity index (χ1) is 14.0. The number of benzene rings is 2. The van der Waals surface area contributed by atoms with Crippen LogP contribution in [0.25, 0.3) is 10.8 Å². The summed E-state index contributed by atoms with van der Waals surface area (Å²) in [7, 11) is 0. The van der Waals surface area contributed by atoms with Crippen LogP contribution in [0.1, 0.15) is 43.5 Å². The van der Waals surface area contributed by atoms with Gasteiger partial charge in [-0.05, 0) is 35.7 Å². The number of nitrogens with zero attached hydrogens (tertiary/aromatic N) is 2. The van der Waals surface area contributed by atoms with Crippen molar-refractivity contribution in [3.63, 3.8) is 0 Å². The molecule has 1 heterocycles. The van der Waals surface area contributed by atoms with Crippen molar-refractivity contribution in [3.8, 4) is 0 Å². The molecule has 0 aliphatic rings. The lowest BCUT2D eigenvalue weighted by Crippen LogP contribution is -2.41. The zero-order valence-electron chi connectivity index (χ0n) is 16.8. The monoisotopic (exact) mass is 394 g/mol. The van der Waals surface area contributed by atoms with E-state index in [1.807, 2.05) is 50.2 Å². The van der Waals surface area contributed by atoms with E-state index in [9.17, 15) is 14.4 Å². The maximum Gasteiger partial charge on any atom is 0.330 e. The van der Waals surface area contributed by atoms with Crippen LogP contribution in [0.3, 0.4) is 0 Å². The molecule has 0 atom stereocenters. The molecular weight excluding hydrogens is 368 g/mol. The molecule has 7 heteroatoms. The average molecular weight is 394 g/mol. The van der Waals surface area contributed by atoms with Gasteiger partial charge in [-0.25, -0.2) is 4.79 Å². The van der Waals surface area contributed by atoms with Crippen molar-refractivity contribution in [1.82, 2.24) is 9.55 Å². The summed E-state index contributed by atoms with van der Waals surface area (Å²) in [6.07, 6.45) is 2.21. The summed E-state index contributed by atoms with van der Waals surface area (Å²) in [5.74, 6) is -0.297. The third kappa shape index (κ3) is 4.08. The molecular formula is C22H26N4O3. The van der Waals surface area contributed by atoms with Crippen LogP contribution in [0.15, 0.2) is 52.1 Å². The van der Waals surface area contributed by atoms with Gasteiger partial charge in [0, 0.05) is 18.7 Å². The number of nitrogens with one attached hydrogen (secondary N) is 1. The molecule has 2 aromatic carbocycles. The molecule has 0 bridgehead atoms. The SMILES string of the molecule is CCCCN(C(=O)c1ccc2ccccc2c1)c1c(N)n(CCC)c(=O)[nH]c1=O. The second-order valence-corrected chi connectivity index (χ2v) is 7.02. The summed E-state index contributed by atoms with van der Waals surface area (Å²) in [4.78, 5) is 41.9. The Morgan fingerprint density at radius 1 is 1.07 bits per heavy atom. The van der Waals surface area contributed by atoms with Crippen LogP contribution in [-0.2, 0) is 6.54 Å². The van der Waals surface area contributed by atoms with Crippen molar-refractivity contribution >= 4 is 28.2 Å². The summed E-state index contributed by atoms with van der Waals surface area (Å²) in [6, 6.07) is 13.2. The summed E-state index contributed by atoms with van der Waals surface area (Å²) in [5, 5.41) is 1.96. The molecule has 0 unspecified atom stereocenters. The van der Waals surface area contributed by atoms with E-state index in [4.69, 9.17) is 5.73 Å². The average Bonchev–Trinajstić information content (AvgIpc) is 2.72. The Labute approximate surface area is 168 Å². The van der Waals surface area contributed by atoms with E-state index in [2.05, 4.69) is 4.98 Å². The van der Waals surface area contributed by atoms with E-state index >= 15 is 0 Å². The Bertz CT molecular complexity index is 1150. The number of amides is 1. The number of anilines is 2. The Hall–Kier alpha value is -3.35. The molecule has 1 amide bonds. The van der Waals surface area contributed by atoms with Crippen molar-refractivity contribution in [2.24, 2.45) is 0 Å². The summed E-state index contributed by atoms with van der Waals surface area (Å²) in [5.41, 5.74) is 5.48. The molecule has 0 aliphatic carbocycles. The van der Waals surface area contributed by atoms with E-state index in [-0.39, 0.29) is 17.4 Å². The van der Waals surface area contributed by atoms with Gasteiger partial charge in [-0.1, -0.05) is 50.6 Å². The van der Waals surface area contributed by atoms with Crippen LogP contribution in [0.4, 0.5) is 11.5 Å². The zero-order valence-corrected chi connectivity index (χ0v) is 16.8. The molecule has 152 valence electrons. The molecule has 3 rings (SSSR count). The van der Waals surface area contributed by atoms with Crippen molar-refractivity contribution in [2.75, 3.05) is 17.2 Å². The molecule has 1 aromatic heterocycles. The van der Waals surface area contributed by atoms with Gasteiger partial charge >= 0.3 is 5.69 Å². The van der Waals surface area contributed by atoms with Gasteiger partial charge in [0.2, 0.25) is 0 Å². The van der Waals surface area contributed by atoms with Gasteiger partial charge < -0.3 is 10.6 Å². The summed E-state index contributed by atoms with van der Waals surface area (Å²) >= 11 is 0. The molecule has 0 spiro atoms. The normalized spacial score (nSPS) is 11.0. The van der Waals surface area contributed by atoms with Crippen LogP contribution in [0.5, 0.6) is 0 Å². The number of hydrogen-bond acceptors (Lipinski definition) is 4. The highest BCUT2D eigenvalue weighted by molar-refractivity contribution is 6.09. The first kappa shape index (κ1) is 20.4. The minimum atomic E-state index is -0.648. The molecule has 0 saturated heterocycles. The second kappa shape index (κ2) is 8.77. The Balaban J connectivity index is 2.12. The lowest BCUT2D eigenvalue weighted by Gasteiger charge is -2.24. The quantitative estimate of drug-likeness (QED) is 0.643. The fraction of sp³-hybridized carbons (Fsp3) is 0.318. The fourth-order valence-electron chi connectivity index (χ4n) is 3.39. The maximum atomic E-state index is 13.4. The van der Waals surface area contributed by atoms with Gasteiger partial charge in [-0.15, -0.1) is 0 Å². The zero-order chi connectivity index (χ0) is 21.0. The van der Waals surface area contributed by atoms with Gasteiger partial charge in [-0.2, -0.15) is 0 Å². The highest BCUT2D eigenvalue weighted by Crippen LogP contribution is 2.22. The number of H-pyrrole nitrogens is 1. The number of nitrogens with two attached hydrogens (primary N) is 1. The lowest BCUT2D eigenvalue weighted by atomic mass is 10.1. The smallest absolute Gasteiger partial charge is 0.330 e. The highest BCUT2D eigenvalue weighted by Gasteiger charge is 2.25. The molecule has 0 aliphatic heterocycles. The predicted molar refractivity (Wildman–Crippen MR) is 117 cm³/mol. The first-order valence-electron chi connectivity index (χ1n) is 9.91. The van der Waals surface area contributed by atoms with Crippen LogP contribution >= 0.6 is 0 Å². The molecule has 0 radical (unpaired) electrons. The third-order valence-corrected chi connectivity index (χ3v) is 4.91. The third-order valence-electron chi connectivity index (χ3n) is 4.91. The number of carbonyl (C=O) groups excluding carboxylic acids is 1. The summed E-state index contributed by atoms with van der Waals surface area (Å²) in [6.45, 7) is 4.61. The van der Waals surface area contributed by atoms with Gasteiger partial charge in [0.1, 0.15) is 5.82 Å². The summed E-state index contributed by atoms with van der Waals surface area (Å²) < 4.78 is 1.31. The number of fused-ring (bicyclic) bond motifs is 1. The minimum Gasteiger partial charge on any atom is -0.383 e. The van der Waals surface area contributed by atoms with E-state index in [1.54, 1.807) is 6.07 Å². The van der Waals surface area contributed by atoms with Crippen LogP contribution in [0.2, 0.25) is 0 Å². The van der Waals surface area contributed by atoms with Gasteiger partial charge in [-0.3, -0.25) is 19.1 Å². The largest absolute Gasteiger partial charge is 0.383 e. The van der Waals surface area contributed by atoms with Crippen molar-refractivity contribution in [2.45, 2.75) is 39.7 Å². The van der Waals surface area contributed by atoms with E-state index in [0.717, 1.165) is 17.2 Å². The molecule has 3 aromatic rings. The fourth-order valence-corrected chi connectivity index (χ4v) is 3.39. The standard InChI is InChI=1S/C22H26N4O3/c1-3-5-13-25(18-19(23)26(12-4-2)22(29)24-20(18)27)21(28)17-11-10-15-8-6-7-9-16(15)14-17/h6-11,14H,3-5,12-13,23H2,1-2H3,(H,24,27,29).